The smallest absolute Gasteiger partial charge is 0.178 e. The van der Waals surface area contributed by atoms with Gasteiger partial charge in [0.15, 0.2) is 5.78 Å². The van der Waals surface area contributed by atoms with Crippen LogP contribution in [0.4, 0.5) is 0 Å². The molecule has 0 aromatic heterocycles. The van der Waals surface area contributed by atoms with Crippen molar-refractivity contribution in [3.63, 3.8) is 0 Å². The van der Waals surface area contributed by atoms with E-state index in [1.54, 1.807) is 12.1 Å². The molecule has 1 aromatic rings. The first-order valence-corrected chi connectivity index (χ1v) is 7.02. The van der Waals surface area contributed by atoms with Gasteiger partial charge in [-0.3, -0.25) is 14.5 Å². The third-order valence-corrected chi connectivity index (χ3v) is 3.97. The van der Waals surface area contributed by atoms with Gasteiger partial charge in [0, 0.05) is 31.0 Å². The summed E-state index contributed by atoms with van der Waals surface area (Å²) in [5.41, 5.74) is 0.564. The molecule has 1 unspecified atom stereocenters. The lowest BCUT2D eigenvalue weighted by Crippen LogP contribution is -2.43. The summed E-state index contributed by atoms with van der Waals surface area (Å²) in [4.78, 5) is 25.9. The molecule has 0 N–H and O–H groups in total. The van der Waals surface area contributed by atoms with E-state index < -0.39 is 0 Å². The van der Waals surface area contributed by atoms with Crippen molar-refractivity contribution < 1.29 is 9.59 Å². The maximum absolute atomic E-state index is 12.2. The molecular formula is C15H18ClNO2. The largest absolute Gasteiger partial charge is 0.299 e. The van der Waals surface area contributed by atoms with Gasteiger partial charge in [-0.05, 0) is 18.6 Å². The van der Waals surface area contributed by atoms with E-state index in [4.69, 9.17) is 11.6 Å². The maximum atomic E-state index is 12.2. The van der Waals surface area contributed by atoms with Crippen molar-refractivity contribution in [3.05, 3.63) is 34.9 Å². The van der Waals surface area contributed by atoms with Gasteiger partial charge >= 0.3 is 0 Å². The third kappa shape index (κ3) is 3.43. The van der Waals surface area contributed by atoms with Gasteiger partial charge in [-0.1, -0.05) is 30.7 Å². The zero-order chi connectivity index (χ0) is 13.8. The monoisotopic (exact) mass is 279 g/mol. The first-order valence-electron chi connectivity index (χ1n) is 6.64. The highest BCUT2D eigenvalue weighted by atomic mass is 35.5. The minimum atomic E-state index is 0.0230. The van der Waals surface area contributed by atoms with E-state index in [1.165, 1.54) is 0 Å². The van der Waals surface area contributed by atoms with Gasteiger partial charge in [-0.2, -0.15) is 0 Å². The van der Waals surface area contributed by atoms with Crippen molar-refractivity contribution in [2.24, 2.45) is 5.92 Å². The van der Waals surface area contributed by atoms with E-state index >= 15 is 0 Å². The second-order valence-corrected chi connectivity index (χ2v) is 5.37. The predicted octanol–water partition coefficient (Wildman–Crippen LogP) is 2.82. The van der Waals surface area contributed by atoms with E-state index in [1.807, 2.05) is 19.1 Å². The Morgan fingerprint density at radius 1 is 1.42 bits per heavy atom. The highest BCUT2D eigenvalue weighted by molar-refractivity contribution is 6.34. The summed E-state index contributed by atoms with van der Waals surface area (Å²) in [6.45, 7) is 3.71. The highest BCUT2D eigenvalue weighted by Gasteiger charge is 2.27. The molecule has 1 atom stereocenters. The first kappa shape index (κ1) is 14.2. The maximum Gasteiger partial charge on any atom is 0.178 e. The van der Waals surface area contributed by atoms with E-state index in [0.717, 1.165) is 6.42 Å². The summed E-state index contributed by atoms with van der Waals surface area (Å²) in [5, 5.41) is 0.493. The Kier molecular flexibility index (Phi) is 4.72. The van der Waals surface area contributed by atoms with Gasteiger partial charge in [-0.25, -0.2) is 0 Å². The van der Waals surface area contributed by atoms with Crippen molar-refractivity contribution >= 4 is 23.2 Å². The van der Waals surface area contributed by atoms with Gasteiger partial charge in [0.2, 0.25) is 0 Å². The van der Waals surface area contributed by atoms with Crippen LogP contribution in [0.1, 0.15) is 30.1 Å². The van der Waals surface area contributed by atoms with Gasteiger partial charge in [0.05, 0.1) is 11.6 Å². The molecule has 1 aromatic carbocycles. The lowest BCUT2D eigenvalue weighted by atomic mass is 9.94. The van der Waals surface area contributed by atoms with Crippen molar-refractivity contribution in [1.82, 2.24) is 4.90 Å². The van der Waals surface area contributed by atoms with Gasteiger partial charge < -0.3 is 0 Å². The normalized spacial score (nSPS) is 20.5. The fourth-order valence-electron chi connectivity index (χ4n) is 2.45. The summed E-state index contributed by atoms with van der Waals surface area (Å²) >= 11 is 6.02. The van der Waals surface area contributed by atoms with Crippen LogP contribution in [-0.4, -0.2) is 36.1 Å². The van der Waals surface area contributed by atoms with Gasteiger partial charge in [0.25, 0.3) is 0 Å². The van der Waals surface area contributed by atoms with E-state index in [0.29, 0.717) is 42.4 Å². The molecule has 4 heteroatoms. The van der Waals surface area contributed by atoms with E-state index in [2.05, 4.69) is 4.90 Å². The molecule has 1 heterocycles. The number of halogens is 1. The summed E-state index contributed by atoms with van der Waals surface area (Å²) in [5.74, 6) is 0.423. The van der Waals surface area contributed by atoms with Crippen LogP contribution in [0, 0.1) is 5.92 Å². The topological polar surface area (TPSA) is 37.4 Å². The van der Waals surface area contributed by atoms with Crippen LogP contribution < -0.4 is 0 Å². The van der Waals surface area contributed by atoms with Crippen molar-refractivity contribution in [2.75, 3.05) is 19.6 Å². The molecule has 19 heavy (non-hydrogen) atoms. The summed E-state index contributed by atoms with van der Waals surface area (Å²) in [6, 6.07) is 7.10. The SMILES string of the molecule is CCC1CN(CC(=O)c2ccccc2Cl)CCC1=O. The van der Waals surface area contributed by atoms with Gasteiger partial charge in [-0.15, -0.1) is 0 Å². The number of benzene rings is 1. The molecule has 0 amide bonds. The van der Waals surface area contributed by atoms with Crippen LogP contribution >= 0.6 is 11.6 Å². The van der Waals surface area contributed by atoms with Crippen molar-refractivity contribution in [3.8, 4) is 0 Å². The number of hydrogen-bond acceptors (Lipinski definition) is 3. The van der Waals surface area contributed by atoms with Crippen LogP contribution in [0.2, 0.25) is 5.02 Å². The molecule has 1 fully saturated rings. The molecule has 0 radical (unpaired) electrons. The first-order chi connectivity index (χ1) is 9.11. The number of rotatable bonds is 4. The molecule has 1 aliphatic heterocycles. The minimum absolute atomic E-state index is 0.0230. The molecule has 0 bridgehead atoms. The van der Waals surface area contributed by atoms with E-state index in [-0.39, 0.29) is 11.7 Å². The molecule has 102 valence electrons. The molecule has 1 aliphatic rings. The zero-order valence-corrected chi connectivity index (χ0v) is 11.8. The Balaban J connectivity index is 2.00. The van der Waals surface area contributed by atoms with Crippen LogP contribution in [0.15, 0.2) is 24.3 Å². The fourth-order valence-corrected chi connectivity index (χ4v) is 2.69. The Hall–Kier alpha value is -1.19. The quantitative estimate of drug-likeness (QED) is 0.796. The number of Topliss-reactive ketones (excluding diaryl/α,β-unsaturated/α-hetero) is 2. The molecular weight excluding hydrogens is 262 g/mol. The van der Waals surface area contributed by atoms with Gasteiger partial charge in [0.1, 0.15) is 5.78 Å². The third-order valence-electron chi connectivity index (χ3n) is 3.64. The van der Waals surface area contributed by atoms with Crippen molar-refractivity contribution in [1.29, 1.82) is 0 Å². The van der Waals surface area contributed by atoms with Crippen LogP contribution in [0.5, 0.6) is 0 Å². The number of likely N-dealkylation sites (tertiary alicyclic amines) is 1. The molecule has 2 rings (SSSR count). The lowest BCUT2D eigenvalue weighted by molar-refractivity contribution is -0.126. The molecule has 3 nitrogen and oxygen atoms in total. The molecule has 0 saturated carbocycles. The summed E-state index contributed by atoms with van der Waals surface area (Å²) in [6.07, 6.45) is 1.39. The van der Waals surface area contributed by atoms with Crippen LogP contribution in [0.25, 0.3) is 0 Å². The second-order valence-electron chi connectivity index (χ2n) is 4.96. The lowest BCUT2D eigenvalue weighted by Gasteiger charge is -2.30. The number of carbonyl (C=O) groups is 2. The molecule has 1 saturated heterocycles. The minimum Gasteiger partial charge on any atom is -0.299 e. The number of carbonyl (C=O) groups excluding carboxylic acids is 2. The number of hydrogen-bond donors (Lipinski definition) is 0. The Morgan fingerprint density at radius 3 is 2.84 bits per heavy atom. The summed E-state index contributed by atoms with van der Waals surface area (Å²) < 4.78 is 0. The fraction of sp³-hybridized carbons (Fsp3) is 0.467. The van der Waals surface area contributed by atoms with Crippen LogP contribution in [0.3, 0.4) is 0 Å². The predicted molar refractivity (Wildman–Crippen MR) is 75.6 cm³/mol. The van der Waals surface area contributed by atoms with Crippen LogP contribution in [-0.2, 0) is 4.79 Å². The standard InChI is InChI=1S/C15H18ClNO2/c1-2-11-9-17(8-7-14(11)18)10-15(19)12-5-3-4-6-13(12)16/h3-6,11H,2,7-10H2,1H3. The Labute approximate surface area is 118 Å². The number of piperidine rings is 1. The average molecular weight is 280 g/mol. The van der Waals surface area contributed by atoms with E-state index in [9.17, 15) is 9.59 Å². The van der Waals surface area contributed by atoms with Crippen molar-refractivity contribution in [2.45, 2.75) is 19.8 Å². The second kappa shape index (κ2) is 6.31. The molecule has 0 aliphatic carbocycles. The Morgan fingerprint density at radius 2 is 2.16 bits per heavy atom. The average Bonchev–Trinajstić information content (AvgIpc) is 2.41. The summed E-state index contributed by atoms with van der Waals surface area (Å²) in [7, 11) is 0. The highest BCUT2D eigenvalue weighted by Crippen LogP contribution is 2.19. The number of nitrogens with zero attached hydrogens (tertiary/aromatic N) is 1. The Bertz CT molecular complexity index is 487. The molecule has 0 spiro atoms. The number of ketones is 2. The zero-order valence-electron chi connectivity index (χ0n) is 11.1.